The van der Waals surface area contributed by atoms with Crippen LogP contribution in [0.3, 0.4) is 0 Å². The topological polar surface area (TPSA) is 40.5 Å². The molecule has 2 heterocycles. The van der Waals surface area contributed by atoms with Crippen molar-refractivity contribution in [3.05, 3.63) is 32.7 Å². The summed E-state index contributed by atoms with van der Waals surface area (Å²) >= 11 is 3.33. The molecular weight excluding hydrogens is 386 g/mol. The highest BCUT2D eigenvalue weighted by atomic mass is 79.9. The van der Waals surface area contributed by atoms with Gasteiger partial charge in [-0.2, -0.15) is 0 Å². The van der Waals surface area contributed by atoms with Crippen LogP contribution in [0, 0.1) is 5.41 Å². The molecule has 1 aromatic heterocycles. The Morgan fingerprint density at radius 1 is 1.38 bits per heavy atom. The molecule has 1 atom stereocenters. The summed E-state index contributed by atoms with van der Waals surface area (Å²) in [4.78, 5) is 12.1. The molecule has 0 amide bonds. The molecule has 136 valence electrons. The highest BCUT2D eigenvalue weighted by Gasteiger charge is 2.40. The second-order valence-corrected chi connectivity index (χ2v) is 14.6. The van der Waals surface area contributed by atoms with Gasteiger partial charge in [0.15, 0.2) is 13.7 Å². The average Bonchev–Trinajstić information content (AvgIpc) is 2.42. The predicted molar refractivity (Wildman–Crippen MR) is 104 cm³/mol. The normalized spacial score (nSPS) is 20.8. The molecule has 1 unspecified atom stereocenters. The first-order chi connectivity index (χ1) is 10.8. The lowest BCUT2D eigenvalue weighted by atomic mass is 9.79. The van der Waals surface area contributed by atoms with E-state index in [0.29, 0.717) is 4.47 Å². The summed E-state index contributed by atoms with van der Waals surface area (Å²) in [5.74, 6) is 0. The van der Waals surface area contributed by atoms with Gasteiger partial charge in [-0.3, -0.25) is 4.79 Å². The summed E-state index contributed by atoms with van der Waals surface area (Å²) < 4.78 is 15.1. The van der Waals surface area contributed by atoms with E-state index in [1.807, 2.05) is 6.20 Å². The molecule has 1 aliphatic rings. The van der Waals surface area contributed by atoms with Gasteiger partial charge in [-0.25, -0.2) is 0 Å². The molecule has 6 heteroatoms. The molecule has 0 spiro atoms. The van der Waals surface area contributed by atoms with Crippen LogP contribution in [0.2, 0.25) is 18.1 Å². The van der Waals surface area contributed by atoms with Crippen LogP contribution in [-0.4, -0.2) is 19.7 Å². The van der Waals surface area contributed by atoms with E-state index in [1.54, 1.807) is 6.07 Å². The number of nitrogens with zero attached hydrogens (tertiary/aromatic N) is 1. The van der Waals surface area contributed by atoms with Gasteiger partial charge in [0.05, 0.1) is 10.2 Å². The fourth-order valence-corrected chi connectivity index (χ4v) is 3.86. The van der Waals surface area contributed by atoms with E-state index in [2.05, 4.69) is 68.2 Å². The zero-order chi connectivity index (χ0) is 18.3. The van der Waals surface area contributed by atoms with Gasteiger partial charge in [0.25, 0.3) is 0 Å². The first kappa shape index (κ1) is 19.9. The van der Waals surface area contributed by atoms with E-state index in [1.165, 1.54) is 0 Å². The Morgan fingerprint density at radius 3 is 2.58 bits per heavy atom. The van der Waals surface area contributed by atoms with E-state index >= 15 is 0 Å². The van der Waals surface area contributed by atoms with E-state index in [9.17, 15) is 4.79 Å². The van der Waals surface area contributed by atoms with Crippen molar-refractivity contribution < 1.29 is 9.16 Å². The van der Waals surface area contributed by atoms with Crippen molar-refractivity contribution >= 4 is 24.2 Å². The highest BCUT2D eigenvalue weighted by Crippen LogP contribution is 2.43. The molecule has 0 saturated heterocycles. The van der Waals surface area contributed by atoms with Gasteiger partial charge in [-0.15, -0.1) is 0 Å². The highest BCUT2D eigenvalue weighted by molar-refractivity contribution is 9.10. The van der Waals surface area contributed by atoms with Crippen LogP contribution >= 0.6 is 15.9 Å². The van der Waals surface area contributed by atoms with Gasteiger partial charge in [-0.1, -0.05) is 34.6 Å². The van der Waals surface area contributed by atoms with E-state index in [4.69, 9.17) is 9.16 Å². The molecule has 0 aromatic carbocycles. The van der Waals surface area contributed by atoms with Crippen molar-refractivity contribution in [2.75, 3.05) is 6.79 Å². The van der Waals surface area contributed by atoms with Crippen LogP contribution in [0.4, 0.5) is 0 Å². The van der Waals surface area contributed by atoms with Crippen molar-refractivity contribution in [3.8, 4) is 0 Å². The summed E-state index contributed by atoms with van der Waals surface area (Å²) in [5.41, 5.74) is 0.910. The van der Waals surface area contributed by atoms with Crippen LogP contribution < -0.4 is 5.43 Å². The Kier molecular flexibility index (Phi) is 5.56. The summed E-state index contributed by atoms with van der Waals surface area (Å²) in [7, 11) is -1.85. The fourth-order valence-electron chi connectivity index (χ4n) is 2.70. The zero-order valence-electron chi connectivity index (χ0n) is 15.9. The van der Waals surface area contributed by atoms with Crippen molar-refractivity contribution in [3.63, 3.8) is 0 Å². The zero-order valence-corrected chi connectivity index (χ0v) is 18.5. The minimum Gasteiger partial charge on any atom is -0.395 e. The van der Waals surface area contributed by atoms with Crippen LogP contribution in [0.5, 0.6) is 0 Å². The summed E-state index contributed by atoms with van der Waals surface area (Å²) in [5, 5.41) is 0.151. The van der Waals surface area contributed by atoms with Crippen LogP contribution in [-0.2, 0) is 15.7 Å². The monoisotopic (exact) mass is 415 g/mol. The molecule has 1 aliphatic heterocycles. The predicted octanol–water partition coefficient (Wildman–Crippen LogP) is 5.08. The third-order valence-electron chi connectivity index (χ3n) is 5.55. The Hall–Kier alpha value is -0.433. The van der Waals surface area contributed by atoms with Gasteiger partial charge < -0.3 is 13.7 Å². The molecule has 0 saturated carbocycles. The Labute approximate surface area is 154 Å². The molecule has 24 heavy (non-hydrogen) atoms. The number of ether oxygens (including phenoxy) is 1. The van der Waals surface area contributed by atoms with Crippen molar-refractivity contribution in [2.24, 2.45) is 5.41 Å². The van der Waals surface area contributed by atoms with E-state index < -0.39 is 8.32 Å². The third kappa shape index (κ3) is 4.03. The van der Waals surface area contributed by atoms with Crippen molar-refractivity contribution in [1.29, 1.82) is 0 Å². The van der Waals surface area contributed by atoms with Gasteiger partial charge >= 0.3 is 0 Å². The van der Waals surface area contributed by atoms with Crippen LogP contribution in [0.1, 0.15) is 52.8 Å². The number of hydrogen-bond acceptors (Lipinski definition) is 3. The minimum absolute atomic E-state index is 0.00198. The molecule has 0 aliphatic carbocycles. The van der Waals surface area contributed by atoms with Gasteiger partial charge in [-0.05, 0) is 45.9 Å². The summed E-state index contributed by atoms with van der Waals surface area (Å²) in [6, 6.07) is 1.70. The number of aromatic nitrogens is 1. The number of fused-ring (bicyclic) bond motifs is 1. The lowest BCUT2D eigenvalue weighted by Crippen LogP contribution is -2.42. The maximum atomic E-state index is 12.1. The first-order valence-corrected chi connectivity index (χ1v) is 12.2. The Morgan fingerprint density at radius 2 is 2.00 bits per heavy atom. The molecule has 0 N–H and O–H groups in total. The second-order valence-electron chi connectivity index (χ2n) is 8.91. The van der Waals surface area contributed by atoms with E-state index in [0.717, 1.165) is 18.7 Å². The number of aryl methyl sites for hydroxylation is 1. The standard InChI is InChI=1S/C18H30BrNO3Si/c1-17(2,3)24(6,7)23-12-22-16-14-10-15(21)13(19)11-20(14)9-8-18(16,4)5/h10-11,16H,8-9,12H2,1-7H3. The molecular formula is C18H30BrNO3Si. The van der Waals surface area contributed by atoms with Crippen molar-refractivity contribution in [1.82, 2.24) is 4.57 Å². The fraction of sp³-hybridized carbons (Fsp3) is 0.722. The maximum absolute atomic E-state index is 12.1. The molecule has 0 fully saturated rings. The first-order valence-electron chi connectivity index (χ1n) is 8.51. The maximum Gasteiger partial charge on any atom is 0.196 e. The number of halogens is 1. The number of hydrogen-bond donors (Lipinski definition) is 0. The Balaban J connectivity index is 2.20. The third-order valence-corrected chi connectivity index (χ3v) is 10.6. The molecule has 4 nitrogen and oxygen atoms in total. The lowest BCUT2D eigenvalue weighted by molar-refractivity contribution is -0.107. The van der Waals surface area contributed by atoms with E-state index in [-0.39, 0.29) is 28.8 Å². The van der Waals surface area contributed by atoms with Crippen LogP contribution in [0.15, 0.2) is 21.5 Å². The number of rotatable bonds is 4. The quantitative estimate of drug-likeness (QED) is 0.508. The summed E-state index contributed by atoms with van der Waals surface area (Å²) in [6.07, 6.45) is 2.73. The van der Waals surface area contributed by atoms with Gasteiger partial charge in [0.2, 0.25) is 0 Å². The minimum atomic E-state index is -1.85. The van der Waals surface area contributed by atoms with Gasteiger partial charge in [0.1, 0.15) is 12.9 Å². The lowest BCUT2D eigenvalue weighted by Gasteiger charge is -2.42. The van der Waals surface area contributed by atoms with Crippen molar-refractivity contribution in [2.45, 2.75) is 71.8 Å². The SMILES string of the molecule is CC1(C)CCn2cc(Br)c(=O)cc2C1OCO[Si](C)(C)C(C)(C)C. The smallest absolute Gasteiger partial charge is 0.196 e. The van der Waals surface area contributed by atoms with Crippen LogP contribution in [0.25, 0.3) is 0 Å². The summed E-state index contributed by atoms with van der Waals surface area (Å²) in [6.45, 7) is 16.7. The molecule has 1 aromatic rings. The molecule has 0 bridgehead atoms. The number of pyridine rings is 1. The molecule has 0 radical (unpaired) electrons. The molecule has 2 rings (SSSR count). The average molecular weight is 416 g/mol. The largest absolute Gasteiger partial charge is 0.395 e. The Bertz CT molecular complexity index is 661. The van der Waals surface area contributed by atoms with Gasteiger partial charge in [0, 0.05) is 18.8 Å². The second kappa shape index (κ2) is 6.70.